The Bertz CT molecular complexity index is 1900. The second kappa shape index (κ2) is 12.6. The molecule has 1 heterocycles. The number of hydrazone groups is 1. The van der Waals surface area contributed by atoms with Gasteiger partial charge in [-0.05, 0) is 73.5 Å². The Morgan fingerprint density at radius 1 is 0.884 bits per heavy atom. The van der Waals surface area contributed by atoms with Crippen LogP contribution in [0.25, 0.3) is 22.0 Å². The fraction of sp³-hybridized carbons (Fsp3) is 0.121. The number of ether oxygens (including phenoxy) is 3. The number of aromatic amines is 1. The van der Waals surface area contributed by atoms with Crippen molar-refractivity contribution >= 4 is 52.2 Å². The number of H-pyrrole nitrogens is 1. The first-order valence-corrected chi connectivity index (χ1v) is 13.9. The lowest BCUT2D eigenvalue weighted by Crippen LogP contribution is -2.19. The van der Waals surface area contributed by atoms with Gasteiger partial charge in [0.25, 0.3) is 5.91 Å². The Morgan fingerprint density at radius 3 is 2.37 bits per heavy atom. The zero-order chi connectivity index (χ0) is 30.7. The molecule has 8 nitrogen and oxygen atoms in total. The number of carbonyl (C=O) groups excluding carboxylic acids is 2. The van der Waals surface area contributed by atoms with Crippen LogP contribution in [0.1, 0.15) is 37.5 Å². The Balaban J connectivity index is 1.39. The van der Waals surface area contributed by atoms with E-state index in [2.05, 4.69) is 21.6 Å². The van der Waals surface area contributed by atoms with Crippen molar-refractivity contribution < 1.29 is 23.8 Å². The molecule has 0 bridgehead atoms. The number of amides is 1. The Hall–Kier alpha value is -4.79. The molecule has 0 aliphatic rings. The van der Waals surface area contributed by atoms with Crippen molar-refractivity contribution in [3.05, 3.63) is 111 Å². The molecule has 0 saturated carbocycles. The van der Waals surface area contributed by atoms with Gasteiger partial charge in [0, 0.05) is 32.1 Å². The molecule has 5 rings (SSSR count). The Labute approximate surface area is 258 Å². The maximum Gasteiger partial charge on any atom is 0.347 e. The van der Waals surface area contributed by atoms with Crippen LogP contribution in [-0.2, 0) is 0 Å². The predicted molar refractivity (Wildman–Crippen MR) is 169 cm³/mol. The third kappa shape index (κ3) is 6.21. The summed E-state index contributed by atoms with van der Waals surface area (Å²) in [4.78, 5) is 29.5. The molecule has 0 radical (unpaired) electrons. The van der Waals surface area contributed by atoms with Crippen LogP contribution in [0.15, 0.2) is 77.9 Å². The number of aryl methyl sites for hydroxylation is 2. The largest absolute Gasteiger partial charge is 0.496 e. The molecule has 0 aliphatic carbocycles. The number of benzene rings is 4. The number of halogens is 2. The number of hydrogen-bond acceptors (Lipinski definition) is 6. The van der Waals surface area contributed by atoms with Crippen LogP contribution in [0.4, 0.5) is 0 Å². The predicted octanol–water partition coefficient (Wildman–Crippen LogP) is 7.76. The van der Waals surface area contributed by atoms with Gasteiger partial charge >= 0.3 is 5.97 Å². The van der Waals surface area contributed by atoms with E-state index in [9.17, 15) is 9.59 Å². The first kappa shape index (κ1) is 29.7. The van der Waals surface area contributed by atoms with E-state index in [-0.39, 0.29) is 17.1 Å². The molecular weight excluding hydrogens is 589 g/mol. The van der Waals surface area contributed by atoms with Crippen molar-refractivity contribution in [1.29, 1.82) is 0 Å². The zero-order valence-corrected chi connectivity index (χ0v) is 25.3. The SMILES string of the molecule is COc1cc(C=NNC(=O)c2[nH]c3c(C)cc(C)cc3c2-c2ccccc2Cl)ccc1OC(=O)c1cc(Cl)ccc1OC. The third-order valence-corrected chi connectivity index (χ3v) is 7.34. The normalized spacial score (nSPS) is 11.1. The molecule has 5 aromatic rings. The van der Waals surface area contributed by atoms with Crippen LogP contribution in [0.2, 0.25) is 10.0 Å². The van der Waals surface area contributed by atoms with E-state index < -0.39 is 11.9 Å². The first-order valence-electron chi connectivity index (χ1n) is 13.1. The summed E-state index contributed by atoms with van der Waals surface area (Å²) >= 11 is 12.6. The Kier molecular flexibility index (Phi) is 8.71. The summed E-state index contributed by atoms with van der Waals surface area (Å²) in [5, 5.41) is 5.95. The molecule has 2 N–H and O–H groups in total. The summed E-state index contributed by atoms with van der Waals surface area (Å²) in [6.07, 6.45) is 1.46. The van der Waals surface area contributed by atoms with Gasteiger partial charge in [-0.3, -0.25) is 4.79 Å². The summed E-state index contributed by atoms with van der Waals surface area (Å²) in [6.45, 7) is 4.00. The molecule has 0 saturated heterocycles. The molecule has 10 heteroatoms. The van der Waals surface area contributed by atoms with Crippen LogP contribution in [-0.4, -0.2) is 37.3 Å². The van der Waals surface area contributed by atoms with Crippen molar-refractivity contribution in [3.8, 4) is 28.4 Å². The minimum atomic E-state index is -0.663. The van der Waals surface area contributed by atoms with Gasteiger partial charge in [-0.2, -0.15) is 5.10 Å². The van der Waals surface area contributed by atoms with Crippen LogP contribution in [0.5, 0.6) is 17.2 Å². The van der Waals surface area contributed by atoms with E-state index in [0.717, 1.165) is 27.6 Å². The summed E-state index contributed by atoms with van der Waals surface area (Å²) in [6, 6.07) is 21.0. The van der Waals surface area contributed by atoms with Gasteiger partial charge in [0.1, 0.15) is 17.0 Å². The molecule has 1 aromatic heterocycles. The van der Waals surface area contributed by atoms with E-state index in [4.69, 9.17) is 37.4 Å². The molecule has 1 amide bonds. The number of aromatic nitrogens is 1. The molecule has 43 heavy (non-hydrogen) atoms. The average molecular weight is 617 g/mol. The monoisotopic (exact) mass is 615 g/mol. The maximum absolute atomic E-state index is 13.4. The van der Waals surface area contributed by atoms with Crippen molar-refractivity contribution in [2.24, 2.45) is 5.10 Å². The summed E-state index contributed by atoms with van der Waals surface area (Å²) in [5.74, 6) is -0.307. The van der Waals surface area contributed by atoms with Crippen molar-refractivity contribution in [3.63, 3.8) is 0 Å². The lowest BCUT2D eigenvalue weighted by atomic mass is 9.99. The highest BCUT2D eigenvalue weighted by Crippen LogP contribution is 2.38. The smallest absolute Gasteiger partial charge is 0.347 e. The quantitative estimate of drug-likeness (QED) is 0.0803. The average Bonchev–Trinajstić information content (AvgIpc) is 3.37. The molecule has 4 aromatic carbocycles. The zero-order valence-electron chi connectivity index (χ0n) is 23.7. The fourth-order valence-electron chi connectivity index (χ4n) is 4.83. The number of nitrogens with one attached hydrogen (secondary N) is 2. The van der Waals surface area contributed by atoms with Gasteiger partial charge in [0.05, 0.1) is 20.4 Å². The molecule has 218 valence electrons. The van der Waals surface area contributed by atoms with Crippen molar-refractivity contribution in [2.45, 2.75) is 13.8 Å². The van der Waals surface area contributed by atoms with Crippen LogP contribution < -0.4 is 19.6 Å². The summed E-state index contributed by atoms with van der Waals surface area (Å²) < 4.78 is 16.2. The van der Waals surface area contributed by atoms with Crippen LogP contribution in [0, 0.1) is 13.8 Å². The van der Waals surface area contributed by atoms with Crippen molar-refractivity contribution in [2.75, 3.05) is 14.2 Å². The molecule has 0 spiro atoms. The molecule has 0 fully saturated rings. The topological polar surface area (TPSA) is 102 Å². The molecular formula is C33H27Cl2N3O5. The molecule has 0 aliphatic heterocycles. The van der Waals surface area contributed by atoms with Crippen molar-refractivity contribution in [1.82, 2.24) is 10.4 Å². The number of esters is 1. The Morgan fingerprint density at radius 2 is 1.63 bits per heavy atom. The van der Waals surface area contributed by atoms with E-state index in [0.29, 0.717) is 32.6 Å². The minimum absolute atomic E-state index is 0.170. The van der Waals surface area contributed by atoms with E-state index >= 15 is 0 Å². The highest BCUT2D eigenvalue weighted by atomic mass is 35.5. The van der Waals surface area contributed by atoms with Crippen LogP contribution in [0.3, 0.4) is 0 Å². The van der Waals surface area contributed by atoms with Crippen LogP contribution >= 0.6 is 23.2 Å². The van der Waals surface area contributed by atoms with Gasteiger partial charge in [0.2, 0.25) is 0 Å². The second-order valence-corrected chi connectivity index (χ2v) is 10.5. The molecule has 0 unspecified atom stereocenters. The van der Waals surface area contributed by atoms with Gasteiger partial charge in [-0.1, -0.05) is 53.0 Å². The van der Waals surface area contributed by atoms with E-state index in [1.807, 2.05) is 38.1 Å². The lowest BCUT2D eigenvalue weighted by molar-refractivity contribution is 0.0726. The standard InChI is InChI=1S/C33H27Cl2N3O5/c1-18-13-19(2)30-24(14-18)29(22-7-5-6-8-25(22)35)31(37-30)32(39)38-36-17-20-9-11-27(28(15-20)42-4)43-33(40)23-16-21(34)10-12-26(23)41-3/h5-17,37H,1-4H3,(H,38,39). The van der Waals surface area contributed by atoms with Gasteiger partial charge in [0.15, 0.2) is 11.5 Å². The second-order valence-electron chi connectivity index (χ2n) is 9.70. The van der Waals surface area contributed by atoms with E-state index in [1.54, 1.807) is 36.4 Å². The maximum atomic E-state index is 13.4. The lowest BCUT2D eigenvalue weighted by Gasteiger charge is -2.12. The van der Waals surface area contributed by atoms with Gasteiger partial charge in [-0.25, -0.2) is 10.2 Å². The summed E-state index contributed by atoms with van der Waals surface area (Å²) in [7, 11) is 2.90. The summed E-state index contributed by atoms with van der Waals surface area (Å²) in [5.41, 5.74) is 8.05. The minimum Gasteiger partial charge on any atom is -0.496 e. The highest BCUT2D eigenvalue weighted by molar-refractivity contribution is 6.34. The number of rotatable bonds is 8. The number of hydrogen-bond donors (Lipinski definition) is 2. The van der Waals surface area contributed by atoms with Gasteiger partial charge < -0.3 is 19.2 Å². The number of fused-ring (bicyclic) bond motifs is 1. The first-order chi connectivity index (χ1) is 20.7. The number of carbonyl (C=O) groups is 2. The fourth-order valence-corrected chi connectivity index (χ4v) is 5.23. The highest BCUT2D eigenvalue weighted by Gasteiger charge is 2.22. The van der Waals surface area contributed by atoms with E-state index in [1.165, 1.54) is 26.5 Å². The number of methoxy groups -OCH3 is 2. The van der Waals surface area contributed by atoms with Gasteiger partial charge in [-0.15, -0.1) is 0 Å². The number of nitrogens with zero attached hydrogens (tertiary/aromatic N) is 1. The third-order valence-electron chi connectivity index (χ3n) is 6.77. The molecule has 0 atom stereocenters.